The van der Waals surface area contributed by atoms with Gasteiger partial charge in [0.05, 0.1) is 22.3 Å². The van der Waals surface area contributed by atoms with Crippen LogP contribution in [0.25, 0.3) is 0 Å². The zero-order chi connectivity index (χ0) is 17.8. The summed E-state index contributed by atoms with van der Waals surface area (Å²) in [5.74, 6) is 1.50. The lowest BCUT2D eigenvalue weighted by molar-refractivity contribution is 0.214. The Balaban J connectivity index is 1.81. The van der Waals surface area contributed by atoms with Crippen molar-refractivity contribution in [3.8, 4) is 5.75 Å². The molecule has 0 unspecified atom stereocenters. The van der Waals surface area contributed by atoms with E-state index in [-0.39, 0.29) is 11.4 Å². The highest BCUT2D eigenvalue weighted by Crippen LogP contribution is 2.43. The van der Waals surface area contributed by atoms with E-state index in [4.69, 9.17) is 27.9 Å². The van der Waals surface area contributed by atoms with Crippen molar-refractivity contribution in [2.24, 2.45) is 0 Å². The number of hydrogen-bond donors (Lipinski definition) is 1. The third kappa shape index (κ3) is 4.00. The Morgan fingerprint density at radius 2 is 2.08 bits per heavy atom. The predicted molar refractivity (Wildman–Crippen MR) is 105 cm³/mol. The monoisotopic (exact) mass is 396 g/mol. The fourth-order valence-corrected chi connectivity index (χ4v) is 4.44. The molecule has 4 nitrogen and oxygen atoms in total. The van der Waals surface area contributed by atoms with Gasteiger partial charge in [0.2, 0.25) is 0 Å². The molecule has 0 spiro atoms. The van der Waals surface area contributed by atoms with Gasteiger partial charge in [0.1, 0.15) is 11.1 Å². The molecule has 1 atom stereocenters. The second kappa shape index (κ2) is 8.21. The van der Waals surface area contributed by atoms with Gasteiger partial charge in [-0.3, -0.25) is 0 Å². The first kappa shape index (κ1) is 18.2. The number of nitrogens with one attached hydrogen (secondary N) is 1. The van der Waals surface area contributed by atoms with E-state index in [2.05, 4.69) is 5.32 Å². The van der Waals surface area contributed by atoms with Crippen LogP contribution in [0, 0.1) is 0 Å². The average molecular weight is 397 g/mol. The number of hydrogen-bond acceptors (Lipinski definition) is 3. The molecule has 7 heteroatoms. The van der Waals surface area contributed by atoms with Crippen molar-refractivity contribution in [3.63, 3.8) is 0 Å². The van der Waals surface area contributed by atoms with Gasteiger partial charge in [-0.2, -0.15) is 0 Å². The van der Waals surface area contributed by atoms with Crippen LogP contribution in [0.3, 0.4) is 0 Å². The summed E-state index contributed by atoms with van der Waals surface area (Å²) >= 11 is 14.1. The fourth-order valence-electron chi connectivity index (χ4n) is 2.69. The third-order valence-corrected chi connectivity index (χ3v) is 5.90. The normalized spacial score (nSPS) is 16.8. The van der Waals surface area contributed by atoms with Gasteiger partial charge < -0.3 is 15.0 Å². The summed E-state index contributed by atoms with van der Waals surface area (Å²) in [6.45, 7) is 3.08. The van der Waals surface area contributed by atoms with Crippen molar-refractivity contribution in [2.75, 3.05) is 24.2 Å². The number of amides is 2. The second-order valence-corrected chi connectivity index (χ2v) is 7.39. The van der Waals surface area contributed by atoms with Crippen molar-refractivity contribution in [1.82, 2.24) is 4.90 Å². The molecule has 0 bridgehead atoms. The highest BCUT2D eigenvalue weighted by atomic mass is 35.5. The molecule has 1 heterocycles. The number of anilines is 1. The van der Waals surface area contributed by atoms with Gasteiger partial charge in [0, 0.05) is 17.9 Å². The quantitative estimate of drug-likeness (QED) is 0.723. The molecule has 2 amide bonds. The fraction of sp³-hybridized carbons (Fsp3) is 0.278. The minimum absolute atomic E-state index is 0.162. The third-order valence-electron chi connectivity index (χ3n) is 3.83. The summed E-state index contributed by atoms with van der Waals surface area (Å²) in [4.78, 5) is 14.6. The van der Waals surface area contributed by atoms with Crippen LogP contribution < -0.4 is 10.1 Å². The molecule has 1 saturated heterocycles. The summed E-state index contributed by atoms with van der Waals surface area (Å²) in [6, 6.07) is 12.7. The molecule has 1 aliphatic rings. The Morgan fingerprint density at radius 1 is 1.28 bits per heavy atom. The molecule has 1 aliphatic heterocycles. The second-order valence-electron chi connectivity index (χ2n) is 5.42. The molecule has 0 aliphatic carbocycles. The maximum atomic E-state index is 12.8. The van der Waals surface area contributed by atoms with E-state index >= 15 is 0 Å². The molecule has 3 rings (SSSR count). The SMILES string of the molecule is CCOc1ccccc1NC(=O)N1CCS[C@H]1c1cccc(Cl)c1Cl. The summed E-state index contributed by atoms with van der Waals surface area (Å²) in [5.41, 5.74) is 1.51. The van der Waals surface area contributed by atoms with Gasteiger partial charge >= 0.3 is 6.03 Å². The topological polar surface area (TPSA) is 41.6 Å². The lowest BCUT2D eigenvalue weighted by Gasteiger charge is -2.25. The standard InChI is InChI=1S/C18H18Cl2N2O2S/c1-2-24-15-9-4-3-8-14(15)21-18(23)22-10-11-25-17(22)12-6-5-7-13(19)16(12)20/h3-9,17H,2,10-11H2,1H3,(H,21,23)/t17-/m0/s1. The zero-order valence-electron chi connectivity index (χ0n) is 13.7. The van der Waals surface area contributed by atoms with Crippen molar-refractivity contribution in [3.05, 3.63) is 58.1 Å². The van der Waals surface area contributed by atoms with Crippen LogP contribution in [-0.2, 0) is 0 Å². The Kier molecular flexibility index (Phi) is 5.99. The Bertz CT molecular complexity index is 772. The number of carbonyl (C=O) groups is 1. The van der Waals surface area contributed by atoms with Crippen molar-refractivity contribution >= 4 is 46.7 Å². The van der Waals surface area contributed by atoms with Crippen LogP contribution in [0.4, 0.5) is 10.5 Å². The number of urea groups is 1. The van der Waals surface area contributed by atoms with E-state index in [0.29, 0.717) is 34.6 Å². The number of benzene rings is 2. The van der Waals surface area contributed by atoms with Crippen molar-refractivity contribution < 1.29 is 9.53 Å². The number of nitrogens with zero attached hydrogens (tertiary/aromatic N) is 1. The van der Waals surface area contributed by atoms with E-state index in [1.54, 1.807) is 22.7 Å². The Morgan fingerprint density at radius 3 is 2.88 bits per heavy atom. The van der Waals surface area contributed by atoms with Crippen molar-refractivity contribution in [2.45, 2.75) is 12.3 Å². The van der Waals surface area contributed by atoms with Gasteiger partial charge in [-0.25, -0.2) is 4.79 Å². The van der Waals surface area contributed by atoms with E-state index < -0.39 is 0 Å². The van der Waals surface area contributed by atoms with Crippen LogP contribution >= 0.6 is 35.0 Å². The lowest BCUT2D eigenvalue weighted by atomic mass is 10.2. The Hall–Kier alpha value is -1.56. The molecule has 132 valence electrons. The number of para-hydroxylation sites is 2. The Labute approximate surface area is 161 Å². The zero-order valence-corrected chi connectivity index (χ0v) is 16.0. The molecule has 2 aromatic carbocycles. The summed E-state index contributed by atoms with van der Waals surface area (Å²) in [7, 11) is 0. The van der Waals surface area contributed by atoms with Crippen LogP contribution in [0.1, 0.15) is 17.9 Å². The number of halogens is 2. The molecule has 1 N–H and O–H groups in total. The number of thioether (sulfide) groups is 1. The van der Waals surface area contributed by atoms with E-state index in [1.807, 2.05) is 43.3 Å². The van der Waals surface area contributed by atoms with E-state index in [0.717, 1.165) is 11.3 Å². The molecule has 25 heavy (non-hydrogen) atoms. The molecular formula is C18H18Cl2N2O2S. The van der Waals surface area contributed by atoms with Crippen LogP contribution in [0.5, 0.6) is 5.75 Å². The highest BCUT2D eigenvalue weighted by Gasteiger charge is 2.32. The lowest BCUT2D eigenvalue weighted by Crippen LogP contribution is -2.34. The molecule has 1 fully saturated rings. The smallest absolute Gasteiger partial charge is 0.323 e. The molecule has 0 aromatic heterocycles. The van der Waals surface area contributed by atoms with Crippen LogP contribution in [-0.4, -0.2) is 29.8 Å². The van der Waals surface area contributed by atoms with Gasteiger partial charge in [0.25, 0.3) is 0 Å². The summed E-state index contributed by atoms with van der Waals surface area (Å²) in [6.07, 6.45) is 0. The minimum atomic E-state index is -0.182. The van der Waals surface area contributed by atoms with Gasteiger partial charge in [-0.15, -0.1) is 11.8 Å². The largest absolute Gasteiger partial charge is 0.492 e. The van der Waals surface area contributed by atoms with E-state index in [1.165, 1.54) is 0 Å². The van der Waals surface area contributed by atoms with Crippen LogP contribution in [0.15, 0.2) is 42.5 Å². The molecule has 2 aromatic rings. The van der Waals surface area contributed by atoms with Gasteiger partial charge in [0.15, 0.2) is 0 Å². The first-order valence-corrected chi connectivity index (χ1v) is 9.77. The summed E-state index contributed by atoms with van der Waals surface area (Å²) < 4.78 is 5.57. The number of carbonyl (C=O) groups excluding carboxylic acids is 1. The number of ether oxygens (including phenoxy) is 1. The predicted octanol–water partition coefficient (Wildman–Crippen LogP) is 5.67. The molecule has 0 saturated carbocycles. The minimum Gasteiger partial charge on any atom is -0.492 e. The van der Waals surface area contributed by atoms with Gasteiger partial charge in [-0.05, 0) is 25.1 Å². The first-order chi connectivity index (χ1) is 12.1. The molecular weight excluding hydrogens is 379 g/mol. The maximum absolute atomic E-state index is 12.8. The van der Waals surface area contributed by atoms with Gasteiger partial charge in [-0.1, -0.05) is 47.5 Å². The first-order valence-electron chi connectivity index (χ1n) is 7.96. The van der Waals surface area contributed by atoms with E-state index in [9.17, 15) is 4.79 Å². The number of rotatable bonds is 4. The highest BCUT2D eigenvalue weighted by molar-refractivity contribution is 7.99. The summed E-state index contributed by atoms with van der Waals surface area (Å²) in [5, 5.41) is 3.77. The maximum Gasteiger partial charge on any atom is 0.323 e. The average Bonchev–Trinajstić information content (AvgIpc) is 3.09. The van der Waals surface area contributed by atoms with Crippen LogP contribution in [0.2, 0.25) is 10.0 Å². The molecule has 0 radical (unpaired) electrons. The van der Waals surface area contributed by atoms with Crippen molar-refractivity contribution in [1.29, 1.82) is 0 Å².